The Morgan fingerprint density at radius 2 is 2.25 bits per heavy atom. The molecule has 0 saturated carbocycles. The van der Waals surface area contributed by atoms with Crippen molar-refractivity contribution < 1.29 is 9.66 Å². The van der Waals surface area contributed by atoms with Gasteiger partial charge < -0.3 is 10.1 Å². The van der Waals surface area contributed by atoms with Crippen LogP contribution in [0.1, 0.15) is 26.0 Å². The molecule has 0 amide bonds. The van der Waals surface area contributed by atoms with Gasteiger partial charge in [0, 0.05) is 19.2 Å². The van der Waals surface area contributed by atoms with Crippen molar-refractivity contribution >= 4 is 11.5 Å². The van der Waals surface area contributed by atoms with Crippen molar-refractivity contribution in [2.24, 2.45) is 5.92 Å². The van der Waals surface area contributed by atoms with Gasteiger partial charge in [0.2, 0.25) is 5.69 Å². The fourth-order valence-corrected chi connectivity index (χ4v) is 1.45. The Bertz CT molecular complexity index is 497. The molecule has 0 aliphatic heterocycles. The average Bonchev–Trinajstić information content (AvgIpc) is 2.41. The van der Waals surface area contributed by atoms with Gasteiger partial charge in [-0.15, -0.1) is 0 Å². The minimum Gasteiger partial charge on any atom is -0.380 e. The highest BCUT2D eigenvalue weighted by molar-refractivity contribution is 5.50. The Hall–Kier alpha value is -2.20. The number of hydrogen-bond acceptors (Lipinski definition) is 6. The van der Waals surface area contributed by atoms with Crippen molar-refractivity contribution in [1.82, 2.24) is 4.98 Å². The molecule has 1 rings (SSSR count). The van der Waals surface area contributed by atoms with Gasteiger partial charge in [-0.25, -0.2) is 4.98 Å². The van der Waals surface area contributed by atoms with E-state index in [1.54, 1.807) is 6.07 Å². The quantitative estimate of drug-likeness (QED) is 0.445. The molecule has 0 aromatic carbocycles. The zero-order valence-corrected chi connectivity index (χ0v) is 11.6. The third-order valence-electron chi connectivity index (χ3n) is 2.57. The lowest BCUT2D eigenvalue weighted by Gasteiger charge is -2.08. The van der Waals surface area contributed by atoms with E-state index in [1.165, 1.54) is 12.1 Å². The summed E-state index contributed by atoms with van der Waals surface area (Å²) < 4.78 is 5.42. The second-order valence-corrected chi connectivity index (χ2v) is 4.65. The van der Waals surface area contributed by atoms with E-state index in [0.717, 1.165) is 6.42 Å². The molecule has 7 nitrogen and oxygen atoms in total. The fraction of sp³-hybridized carbons (Fsp3) is 0.538. The predicted molar refractivity (Wildman–Crippen MR) is 74.4 cm³/mol. The first kappa shape index (κ1) is 15.9. The number of nitrogens with zero attached hydrogens (tertiary/aromatic N) is 3. The molecule has 1 aromatic heterocycles. The molecule has 0 radical (unpaired) electrons. The Morgan fingerprint density at radius 1 is 1.50 bits per heavy atom. The summed E-state index contributed by atoms with van der Waals surface area (Å²) in [7, 11) is 0. The fourth-order valence-electron chi connectivity index (χ4n) is 1.45. The van der Waals surface area contributed by atoms with E-state index < -0.39 is 4.92 Å². The number of hydrogen-bond donors (Lipinski definition) is 1. The molecule has 0 aliphatic carbocycles. The SMILES string of the molecule is CC(C)CCOCCNc1ccc([N+](=O)[O-])c(C#N)n1. The minimum absolute atomic E-state index is 0.194. The zero-order valence-electron chi connectivity index (χ0n) is 11.6. The topological polar surface area (TPSA) is 101 Å². The van der Waals surface area contributed by atoms with Crippen LogP contribution in [0.15, 0.2) is 12.1 Å². The highest BCUT2D eigenvalue weighted by Crippen LogP contribution is 2.17. The van der Waals surface area contributed by atoms with E-state index in [1.807, 2.05) is 0 Å². The van der Waals surface area contributed by atoms with Crippen molar-refractivity contribution in [3.05, 3.63) is 27.9 Å². The minimum atomic E-state index is -0.621. The zero-order chi connectivity index (χ0) is 15.0. The van der Waals surface area contributed by atoms with Gasteiger partial charge in [-0.2, -0.15) is 5.26 Å². The summed E-state index contributed by atoms with van der Waals surface area (Å²) in [6.07, 6.45) is 1.01. The molecule has 0 atom stereocenters. The van der Waals surface area contributed by atoms with Crippen molar-refractivity contribution in [3.8, 4) is 6.07 Å². The van der Waals surface area contributed by atoms with Crippen molar-refractivity contribution in [1.29, 1.82) is 5.26 Å². The molecule has 7 heteroatoms. The molecule has 1 N–H and O–H groups in total. The second kappa shape index (κ2) is 8.07. The maximum atomic E-state index is 10.7. The number of nitro groups is 1. The predicted octanol–water partition coefficient (Wildman–Crippen LogP) is 2.34. The van der Waals surface area contributed by atoms with Gasteiger partial charge in [-0.3, -0.25) is 10.1 Å². The third kappa shape index (κ3) is 5.20. The number of aromatic nitrogens is 1. The third-order valence-corrected chi connectivity index (χ3v) is 2.57. The molecular formula is C13H18N4O3. The van der Waals surface area contributed by atoms with E-state index in [4.69, 9.17) is 10.00 Å². The summed E-state index contributed by atoms with van der Waals surface area (Å²) in [6, 6.07) is 4.47. The summed E-state index contributed by atoms with van der Waals surface area (Å²) in [5, 5.41) is 22.4. The van der Waals surface area contributed by atoms with Gasteiger partial charge in [0.25, 0.3) is 0 Å². The molecular weight excluding hydrogens is 260 g/mol. The van der Waals surface area contributed by atoms with Crippen molar-refractivity contribution in [2.75, 3.05) is 25.1 Å². The van der Waals surface area contributed by atoms with Gasteiger partial charge in [0.15, 0.2) is 0 Å². The monoisotopic (exact) mass is 278 g/mol. The Labute approximate surface area is 117 Å². The lowest BCUT2D eigenvalue weighted by molar-refractivity contribution is -0.385. The van der Waals surface area contributed by atoms with E-state index >= 15 is 0 Å². The molecule has 0 bridgehead atoms. The van der Waals surface area contributed by atoms with E-state index in [9.17, 15) is 10.1 Å². The van der Waals surface area contributed by atoms with Crippen LogP contribution < -0.4 is 5.32 Å². The highest BCUT2D eigenvalue weighted by atomic mass is 16.6. The van der Waals surface area contributed by atoms with Gasteiger partial charge in [0.05, 0.1) is 11.5 Å². The summed E-state index contributed by atoms with van der Waals surface area (Å²) in [6.45, 7) is 6.02. The molecule has 0 spiro atoms. The number of ether oxygens (including phenoxy) is 1. The summed E-state index contributed by atoms with van der Waals surface area (Å²) >= 11 is 0. The van der Waals surface area contributed by atoms with Crippen LogP contribution in [0.2, 0.25) is 0 Å². The summed E-state index contributed by atoms with van der Waals surface area (Å²) in [4.78, 5) is 13.9. The maximum Gasteiger partial charge on any atom is 0.305 e. The van der Waals surface area contributed by atoms with Crippen LogP contribution in [0.25, 0.3) is 0 Å². The van der Waals surface area contributed by atoms with Crippen LogP contribution in [0.3, 0.4) is 0 Å². The van der Waals surface area contributed by atoms with Crippen LogP contribution in [0.5, 0.6) is 0 Å². The first-order valence-corrected chi connectivity index (χ1v) is 6.41. The second-order valence-electron chi connectivity index (χ2n) is 4.65. The molecule has 1 heterocycles. The summed E-state index contributed by atoms with van der Waals surface area (Å²) in [5.74, 6) is 1.04. The molecule has 108 valence electrons. The van der Waals surface area contributed by atoms with Crippen LogP contribution in [-0.2, 0) is 4.74 Å². The maximum absolute atomic E-state index is 10.7. The number of rotatable bonds is 8. The van der Waals surface area contributed by atoms with Crippen LogP contribution in [0, 0.1) is 27.4 Å². The highest BCUT2D eigenvalue weighted by Gasteiger charge is 2.15. The molecule has 20 heavy (non-hydrogen) atoms. The average molecular weight is 278 g/mol. The number of nitriles is 1. The largest absolute Gasteiger partial charge is 0.380 e. The van der Waals surface area contributed by atoms with E-state index in [-0.39, 0.29) is 11.4 Å². The van der Waals surface area contributed by atoms with Crippen LogP contribution in [-0.4, -0.2) is 29.7 Å². The first-order chi connectivity index (χ1) is 9.54. The van der Waals surface area contributed by atoms with Gasteiger partial charge in [-0.1, -0.05) is 13.8 Å². The lowest BCUT2D eigenvalue weighted by atomic mass is 10.1. The number of pyridine rings is 1. The van der Waals surface area contributed by atoms with E-state index in [2.05, 4.69) is 24.1 Å². The standard InChI is InChI=1S/C13H18N4O3/c1-10(2)5-7-20-8-6-15-13-4-3-12(17(18)19)11(9-14)16-13/h3-4,10H,5-8H2,1-2H3,(H,15,16). The van der Waals surface area contributed by atoms with Crippen molar-refractivity contribution in [2.45, 2.75) is 20.3 Å². The van der Waals surface area contributed by atoms with Crippen molar-refractivity contribution in [3.63, 3.8) is 0 Å². The molecule has 0 fully saturated rings. The van der Waals surface area contributed by atoms with Crippen LogP contribution >= 0.6 is 0 Å². The van der Waals surface area contributed by atoms with Gasteiger partial charge in [0.1, 0.15) is 11.9 Å². The Kier molecular flexibility index (Phi) is 6.40. The smallest absolute Gasteiger partial charge is 0.305 e. The molecule has 0 saturated heterocycles. The van der Waals surface area contributed by atoms with Crippen LogP contribution in [0.4, 0.5) is 11.5 Å². The Balaban J connectivity index is 2.42. The first-order valence-electron chi connectivity index (χ1n) is 6.41. The van der Waals surface area contributed by atoms with Gasteiger partial charge in [-0.05, 0) is 18.4 Å². The summed E-state index contributed by atoms with van der Waals surface area (Å²) in [5.41, 5.74) is -0.480. The van der Waals surface area contributed by atoms with Gasteiger partial charge >= 0.3 is 5.69 Å². The molecule has 1 aromatic rings. The van der Waals surface area contributed by atoms with E-state index in [0.29, 0.717) is 31.5 Å². The normalized spacial score (nSPS) is 10.3. The molecule has 0 aliphatic rings. The lowest BCUT2D eigenvalue weighted by Crippen LogP contribution is -2.12. The number of anilines is 1. The molecule has 0 unspecified atom stereocenters. The number of nitrogens with one attached hydrogen (secondary N) is 1. The Morgan fingerprint density at radius 3 is 2.85 bits per heavy atom.